The van der Waals surface area contributed by atoms with Crippen LogP contribution >= 0.6 is 21.6 Å². The number of para-hydroxylation sites is 1. The Labute approximate surface area is 272 Å². The summed E-state index contributed by atoms with van der Waals surface area (Å²) in [7, 11) is 6.26. The highest BCUT2D eigenvalue weighted by molar-refractivity contribution is 8.77. The smallest absolute Gasteiger partial charge is 0.261 e. The van der Waals surface area contributed by atoms with E-state index in [1.54, 1.807) is 57.0 Å². The van der Waals surface area contributed by atoms with E-state index in [-0.39, 0.29) is 28.5 Å². The van der Waals surface area contributed by atoms with Crippen LogP contribution in [0.15, 0.2) is 65.8 Å². The van der Waals surface area contributed by atoms with Crippen LogP contribution in [-0.4, -0.2) is 61.0 Å². The van der Waals surface area contributed by atoms with Crippen LogP contribution in [0.4, 0.5) is 11.4 Å². The first kappa shape index (κ1) is 34.1. The Morgan fingerprint density at radius 2 is 2.00 bits per heavy atom. The van der Waals surface area contributed by atoms with Gasteiger partial charge in [0.25, 0.3) is 5.91 Å². The Bertz CT molecular complexity index is 1490. The molecular weight excluding hydrogens is 613 g/mol. The molecule has 3 amide bonds. The van der Waals surface area contributed by atoms with E-state index in [0.717, 1.165) is 11.3 Å². The molecule has 0 radical (unpaired) electrons. The maximum absolute atomic E-state index is 13.7. The summed E-state index contributed by atoms with van der Waals surface area (Å²) in [5, 5.41) is 2.90. The van der Waals surface area contributed by atoms with Gasteiger partial charge in [0.1, 0.15) is 0 Å². The Hall–Kier alpha value is -3.74. The fraction of sp³-hybridized carbons (Fsp3) is 0.394. The maximum atomic E-state index is 13.7. The minimum atomic E-state index is -0.725. The van der Waals surface area contributed by atoms with Gasteiger partial charge >= 0.3 is 0 Å². The van der Waals surface area contributed by atoms with E-state index < -0.39 is 6.29 Å². The number of hydrogen-bond acceptors (Lipinski definition) is 9. The number of aliphatic imine (C=N–C) groups is 1. The van der Waals surface area contributed by atoms with Crippen molar-refractivity contribution in [2.75, 3.05) is 24.9 Å². The lowest BCUT2D eigenvalue weighted by Crippen LogP contribution is -2.37. The van der Waals surface area contributed by atoms with Crippen LogP contribution in [0.1, 0.15) is 55.5 Å². The molecule has 0 aromatic heterocycles. The molecule has 1 unspecified atom stereocenters. The number of nitrogens with one attached hydrogen (secondary N) is 1. The van der Waals surface area contributed by atoms with Crippen molar-refractivity contribution >= 4 is 56.9 Å². The number of nitrogens with zero attached hydrogens (tertiary/aromatic N) is 2. The van der Waals surface area contributed by atoms with Gasteiger partial charge in [-0.2, -0.15) is 0 Å². The molecule has 2 aliphatic heterocycles. The molecule has 10 nitrogen and oxygen atoms in total. The van der Waals surface area contributed by atoms with E-state index in [2.05, 4.69) is 30.7 Å². The highest BCUT2D eigenvalue weighted by Gasteiger charge is 2.36. The van der Waals surface area contributed by atoms with Crippen LogP contribution in [-0.2, 0) is 20.7 Å². The highest BCUT2D eigenvalue weighted by atomic mass is 33.1. The standard InChI is InChI=1S/C33H40N4O6S2/c1-6-22(36-30(39)13-15-33(2,3)45-44-16-14-29(34)38)11-12-31(42-5)43-28-19-25-24(18-27(28)41-4)32(40)37-23(20-35-25)17-21-9-7-8-10-26(21)37/h6-11,18-20,23,31H,1,12-17H2,2-5H3,(H2,34,38)(H,36,39)/b22-11+/t23-,31?/m0/s1. The van der Waals surface area contributed by atoms with E-state index in [4.69, 9.17) is 19.9 Å². The molecule has 2 heterocycles. The lowest BCUT2D eigenvalue weighted by molar-refractivity contribution is -0.120. The molecule has 45 heavy (non-hydrogen) atoms. The summed E-state index contributed by atoms with van der Waals surface area (Å²) in [6.45, 7) is 7.95. The van der Waals surface area contributed by atoms with Crippen molar-refractivity contribution in [1.82, 2.24) is 5.32 Å². The molecule has 0 saturated heterocycles. The van der Waals surface area contributed by atoms with E-state index in [0.29, 0.717) is 66.3 Å². The van der Waals surface area contributed by atoms with Gasteiger partial charge in [-0.25, -0.2) is 0 Å². The number of hydrogen-bond donors (Lipinski definition) is 2. The zero-order valence-electron chi connectivity index (χ0n) is 26.0. The largest absolute Gasteiger partial charge is 0.493 e. The number of fused-ring (bicyclic) bond motifs is 4. The van der Waals surface area contributed by atoms with Crippen LogP contribution < -0.4 is 25.4 Å². The van der Waals surface area contributed by atoms with E-state index in [1.807, 2.05) is 24.3 Å². The average molecular weight is 653 g/mol. The molecule has 3 N–H and O–H groups in total. The maximum Gasteiger partial charge on any atom is 0.261 e. The van der Waals surface area contributed by atoms with Crippen molar-refractivity contribution in [3.05, 3.63) is 72.0 Å². The van der Waals surface area contributed by atoms with Crippen molar-refractivity contribution < 1.29 is 28.6 Å². The van der Waals surface area contributed by atoms with Crippen LogP contribution in [0.25, 0.3) is 0 Å². The molecule has 0 spiro atoms. The number of allylic oxidation sites excluding steroid dienone is 1. The zero-order valence-corrected chi connectivity index (χ0v) is 27.7. The zero-order chi connectivity index (χ0) is 32.6. The molecule has 0 aliphatic carbocycles. The van der Waals surface area contributed by atoms with Crippen molar-refractivity contribution in [3.63, 3.8) is 0 Å². The molecule has 240 valence electrons. The van der Waals surface area contributed by atoms with Crippen LogP contribution in [0.3, 0.4) is 0 Å². The third kappa shape index (κ3) is 8.93. The molecule has 0 fully saturated rings. The molecule has 2 aliphatic rings. The number of nitrogens with two attached hydrogens (primary N) is 1. The van der Waals surface area contributed by atoms with Gasteiger partial charge in [0.05, 0.1) is 24.4 Å². The first-order chi connectivity index (χ1) is 21.5. The molecule has 0 bridgehead atoms. The van der Waals surface area contributed by atoms with Gasteiger partial charge in [-0.15, -0.1) is 0 Å². The number of rotatable bonds is 16. The molecule has 2 aromatic rings. The molecule has 12 heteroatoms. The summed E-state index contributed by atoms with van der Waals surface area (Å²) in [4.78, 5) is 43.7. The van der Waals surface area contributed by atoms with Crippen LogP contribution in [0.2, 0.25) is 0 Å². The van der Waals surface area contributed by atoms with Crippen molar-refractivity contribution in [1.29, 1.82) is 0 Å². The second-order valence-corrected chi connectivity index (χ2v) is 14.3. The predicted octanol–water partition coefficient (Wildman–Crippen LogP) is 5.73. The third-order valence-corrected chi connectivity index (χ3v) is 10.7. The summed E-state index contributed by atoms with van der Waals surface area (Å²) >= 11 is 0. The number of methoxy groups -OCH3 is 2. The molecular formula is C33H40N4O6S2. The number of primary amides is 1. The summed E-state index contributed by atoms with van der Waals surface area (Å²) in [6.07, 6.45) is 6.72. The second kappa shape index (κ2) is 15.5. The average Bonchev–Trinajstić information content (AvgIpc) is 3.34. The Morgan fingerprint density at radius 1 is 1.22 bits per heavy atom. The quantitative estimate of drug-likeness (QED) is 0.102. The Morgan fingerprint density at radius 3 is 2.71 bits per heavy atom. The van der Waals surface area contributed by atoms with Crippen molar-refractivity contribution in [3.8, 4) is 11.5 Å². The first-order valence-electron chi connectivity index (χ1n) is 14.6. The predicted molar refractivity (Wildman–Crippen MR) is 182 cm³/mol. The van der Waals surface area contributed by atoms with Gasteiger partial charge in [0.2, 0.25) is 18.1 Å². The van der Waals surface area contributed by atoms with E-state index in [9.17, 15) is 14.4 Å². The fourth-order valence-electron chi connectivity index (χ4n) is 4.93. The van der Waals surface area contributed by atoms with E-state index >= 15 is 0 Å². The van der Waals surface area contributed by atoms with Gasteiger partial charge in [-0.3, -0.25) is 24.3 Å². The molecule has 0 saturated carbocycles. The molecule has 2 atom stereocenters. The number of carbonyl (C=O) groups excluding carboxylic acids is 3. The highest BCUT2D eigenvalue weighted by Crippen LogP contribution is 2.41. The number of amides is 3. The summed E-state index contributed by atoms with van der Waals surface area (Å²) in [5.74, 6) is 0.786. The lowest BCUT2D eigenvalue weighted by Gasteiger charge is -2.23. The normalized spacial score (nSPS) is 16.3. The first-order valence-corrected chi connectivity index (χ1v) is 17.0. The van der Waals surface area contributed by atoms with Crippen molar-refractivity contribution in [2.24, 2.45) is 10.7 Å². The van der Waals surface area contributed by atoms with Gasteiger partial charge in [-0.05, 0) is 44.0 Å². The van der Waals surface area contributed by atoms with Crippen LogP contribution in [0.5, 0.6) is 11.5 Å². The molecule has 2 aromatic carbocycles. The Balaban J connectivity index is 1.38. The minimum absolute atomic E-state index is 0.134. The second-order valence-electron chi connectivity index (χ2n) is 11.2. The fourth-order valence-corrected chi connectivity index (χ4v) is 7.51. The van der Waals surface area contributed by atoms with Gasteiger partial charge < -0.3 is 25.3 Å². The number of benzene rings is 2. The third-order valence-electron chi connectivity index (χ3n) is 7.35. The molecule has 4 rings (SSSR count). The van der Waals surface area contributed by atoms with Crippen LogP contribution in [0, 0.1) is 0 Å². The van der Waals surface area contributed by atoms with Gasteiger partial charge in [0, 0.05) is 67.0 Å². The topological polar surface area (TPSA) is 133 Å². The SMILES string of the molecule is C=C/C(=C\CC(OC)Oc1cc2c(cc1OC)C(=O)N1c3ccccc3C[C@H]1C=N2)NC(=O)CCC(C)(C)SSCCC(N)=O. The van der Waals surface area contributed by atoms with Gasteiger partial charge in [0.15, 0.2) is 11.5 Å². The summed E-state index contributed by atoms with van der Waals surface area (Å²) in [5.41, 5.74) is 8.65. The minimum Gasteiger partial charge on any atom is -0.493 e. The number of anilines is 1. The van der Waals surface area contributed by atoms with Gasteiger partial charge in [-0.1, -0.05) is 52.4 Å². The number of ether oxygens (including phenoxy) is 3. The van der Waals surface area contributed by atoms with Crippen molar-refractivity contribution in [2.45, 2.75) is 63.0 Å². The number of carbonyl (C=O) groups is 3. The summed E-state index contributed by atoms with van der Waals surface area (Å²) in [6, 6.07) is 11.1. The lowest BCUT2D eigenvalue weighted by atomic mass is 10.1. The summed E-state index contributed by atoms with van der Waals surface area (Å²) < 4.78 is 17.2. The van der Waals surface area contributed by atoms with E-state index in [1.165, 1.54) is 14.2 Å². The Kier molecular flexibility index (Phi) is 11.8. The monoisotopic (exact) mass is 652 g/mol.